The van der Waals surface area contributed by atoms with Crippen LogP contribution in [-0.2, 0) is 11.2 Å². The Balaban J connectivity index is 2.37. The van der Waals surface area contributed by atoms with Crippen molar-refractivity contribution in [2.45, 2.75) is 13.3 Å². The first-order chi connectivity index (χ1) is 10.1. The number of rotatable bonds is 6. The van der Waals surface area contributed by atoms with Gasteiger partial charge in [-0.1, -0.05) is 42.5 Å². The highest BCUT2D eigenvalue weighted by Crippen LogP contribution is 2.27. The predicted octanol–water partition coefficient (Wildman–Crippen LogP) is 3.56. The lowest BCUT2D eigenvalue weighted by Gasteiger charge is -2.17. The topological polar surface area (TPSA) is 47.3 Å². The molecular weight excluding hydrogens is 280 g/mol. The van der Waals surface area contributed by atoms with Gasteiger partial charge in [-0.3, -0.25) is 0 Å². The van der Waals surface area contributed by atoms with Gasteiger partial charge in [0, 0.05) is 18.4 Å². The van der Waals surface area contributed by atoms with Gasteiger partial charge in [-0.2, -0.15) is 0 Å². The molecule has 3 nitrogen and oxygen atoms in total. The molecule has 3 N–H and O–H groups in total. The Morgan fingerprint density at radius 1 is 1.19 bits per heavy atom. The number of nitrogens with two attached hydrogens (primary N) is 1. The van der Waals surface area contributed by atoms with Crippen molar-refractivity contribution >= 4 is 28.6 Å². The van der Waals surface area contributed by atoms with Crippen molar-refractivity contribution in [1.29, 1.82) is 0 Å². The second kappa shape index (κ2) is 7.20. The zero-order valence-corrected chi connectivity index (χ0v) is 13.2. The molecule has 2 aromatic carbocycles. The van der Waals surface area contributed by atoms with E-state index in [1.54, 1.807) is 7.11 Å². The summed E-state index contributed by atoms with van der Waals surface area (Å²) in [5.41, 5.74) is 11.0. The molecule has 2 rings (SSSR count). The Morgan fingerprint density at radius 3 is 2.67 bits per heavy atom. The summed E-state index contributed by atoms with van der Waals surface area (Å²) in [6, 6.07) is 14.1. The van der Waals surface area contributed by atoms with Crippen LogP contribution in [0.3, 0.4) is 0 Å². The fourth-order valence-corrected chi connectivity index (χ4v) is 2.42. The number of anilines is 2. The van der Waals surface area contributed by atoms with Gasteiger partial charge in [-0.25, -0.2) is 0 Å². The number of methoxy groups -OCH3 is 1. The van der Waals surface area contributed by atoms with E-state index in [1.165, 1.54) is 5.56 Å². The zero-order valence-electron chi connectivity index (χ0n) is 12.3. The third kappa shape index (κ3) is 3.80. The molecule has 2 aromatic rings. The van der Waals surface area contributed by atoms with Gasteiger partial charge in [0.2, 0.25) is 0 Å². The third-order valence-electron chi connectivity index (χ3n) is 3.39. The van der Waals surface area contributed by atoms with E-state index in [2.05, 4.69) is 17.4 Å². The summed E-state index contributed by atoms with van der Waals surface area (Å²) in [5, 5.41) is 3.48. The van der Waals surface area contributed by atoms with Crippen LogP contribution in [0.2, 0.25) is 0 Å². The number of para-hydroxylation sites is 2. The lowest BCUT2D eigenvalue weighted by Crippen LogP contribution is -2.13. The van der Waals surface area contributed by atoms with Crippen LogP contribution >= 0.6 is 12.2 Å². The van der Waals surface area contributed by atoms with Crippen molar-refractivity contribution < 1.29 is 4.74 Å². The Bertz CT molecular complexity index is 640. The van der Waals surface area contributed by atoms with Crippen LogP contribution in [0.5, 0.6) is 0 Å². The van der Waals surface area contributed by atoms with E-state index >= 15 is 0 Å². The second-order valence-corrected chi connectivity index (χ2v) is 5.33. The molecule has 0 unspecified atom stereocenters. The Hall–Kier alpha value is -1.91. The molecule has 0 aromatic heterocycles. The summed E-state index contributed by atoms with van der Waals surface area (Å²) in [4.78, 5) is 0.399. The molecule has 0 aliphatic rings. The first-order valence-electron chi connectivity index (χ1n) is 6.86. The fraction of sp³-hybridized carbons (Fsp3) is 0.235. The fourth-order valence-electron chi connectivity index (χ4n) is 2.25. The van der Waals surface area contributed by atoms with Crippen LogP contribution < -0.4 is 11.1 Å². The molecule has 0 spiro atoms. The van der Waals surface area contributed by atoms with E-state index in [4.69, 9.17) is 22.7 Å². The average Bonchev–Trinajstić information content (AvgIpc) is 2.48. The average molecular weight is 300 g/mol. The number of hydrogen-bond donors (Lipinski definition) is 2. The molecule has 110 valence electrons. The van der Waals surface area contributed by atoms with E-state index < -0.39 is 0 Å². The largest absolute Gasteiger partial charge is 0.389 e. The summed E-state index contributed by atoms with van der Waals surface area (Å²) in [6.45, 7) is 2.73. The second-order valence-electron chi connectivity index (χ2n) is 4.89. The number of hydrogen-bond acceptors (Lipinski definition) is 3. The monoisotopic (exact) mass is 300 g/mol. The van der Waals surface area contributed by atoms with Gasteiger partial charge in [0.25, 0.3) is 0 Å². The van der Waals surface area contributed by atoms with Crippen LogP contribution in [0.15, 0.2) is 42.5 Å². The molecule has 0 aliphatic carbocycles. The van der Waals surface area contributed by atoms with E-state index in [0.717, 1.165) is 28.9 Å². The van der Waals surface area contributed by atoms with Crippen molar-refractivity contribution in [3.63, 3.8) is 0 Å². The minimum Gasteiger partial charge on any atom is -0.389 e. The van der Waals surface area contributed by atoms with Gasteiger partial charge in [-0.05, 0) is 36.6 Å². The third-order valence-corrected chi connectivity index (χ3v) is 3.61. The number of aryl methyl sites for hydroxylation is 1. The molecular formula is C17H20N2OS. The molecule has 0 amide bonds. The molecule has 21 heavy (non-hydrogen) atoms. The molecule has 0 saturated heterocycles. The number of benzene rings is 2. The minimum atomic E-state index is 0.399. The molecule has 0 atom stereocenters. The van der Waals surface area contributed by atoms with Gasteiger partial charge in [-0.15, -0.1) is 0 Å². The van der Waals surface area contributed by atoms with Gasteiger partial charge in [0.1, 0.15) is 4.99 Å². The Labute approximate surface area is 131 Å². The first kappa shape index (κ1) is 15.5. The van der Waals surface area contributed by atoms with E-state index in [9.17, 15) is 0 Å². The number of ether oxygens (including phenoxy) is 1. The maximum Gasteiger partial charge on any atom is 0.106 e. The lowest BCUT2D eigenvalue weighted by molar-refractivity contribution is 0.202. The van der Waals surface area contributed by atoms with Crippen molar-refractivity contribution in [3.05, 3.63) is 59.2 Å². The molecule has 0 fully saturated rings. The van der Waals surface area contributed by atoms with Crippen molar-refractivity contribution in [2.75, 3.05) is 19.0 Å². The van der Waals surface area contributed by atoms with Crippen LogP contribution in [0, 0.1) is 6.92 Å². The summed E-state index contributed by atoms with van der Waals surface area (Å²) >= 11 is 5.15. The van der Waals surface area contributed by atoms with Gasteiger partial charge in [0.05, 0.1) is 12.3 Å². The van der Waals surface area contributed by atoms with E-state index in [1.807, 2.05) is 37.3 Å². The molecule has 0 bridgehead atoms. The molecule has 0 radical (unpaired) electrons. The minimum absolute atomic E-state index is 0.399. The summed E-state index contributed by atoms with van der Waals surface area (Å²) < 4.78 is 5.17. The smallest absolute Gasteiger partial charge is 0.106 e. The van der Waals surface area contributed by atoms with E-state index in [-0.39, 0.29) is 0 Å². The molecule has 4 heteroatoms. The summed E-state index contributed by atoms with van der Waals surface area (Å²) in [7, 11) is 1.71. The maximum absolute atomic E-state index is 5.83. The van der Waals surface area contributed by atoms with Crippen LogP contribution in [0.1, 0.15) is 16.7 Å². The summed E-state index contributed by atoms with van der Waals surface area (Å²) in [6.07, 6.45) is 0.855. The van der Waals surface area contributed by atoms with Crippen molar-refractivity contribution in [1.82, 2.24) is 0 Å². The van der Waals surface area contributed by atoms with Gasteiger partial charge < -0.3 is 15.8 Å². The van der Waals surface area contributed by atoms with Crippen LogP contribution in [0.25, 0.3) is 0 Å². The molecule has 0 heterocycles. The quantitative estimate of drug-likeness (QED) is 0.801. The van der Waals surface area contributed by atoms with Crippen molar-refractivity contribution in [3.8, 4) is 0 Å². The normalized spacial score (nSPS) is 10.4. The highest BCUT2D eigenvalue weighted by atomic mass is 32.1. The Kier molecular flexibility index (Phi) is 5.31. The summed E-state index contributed by atoms with van der Waals surface area (Å²) in [5.74, 6) is 0. The van der Waals surface area contributed by atoms with Gasteiger partial charge in [0.15, 0.2) is 0 Å². The van der Waals surface area contributed by atoms with Crippen LogP contribution in [0.4, 0.5) is 11.4 Å². The highest BCUT2D eigenvalue weighted by molar-refractivity contribution is 7.80. The molecule has 0 saturated carbocycles. The van der Waals surface area contributed by atoms with Gasteiger partial charge >= 0.3 is 0 Å². The molecule has 0 aliphatic heterocycles. The number of thiocarbonyl (C=S) groups is 1. The van der Waals surface area contributed by atoms with Crippen molar-refractivity contribution in [2.24, 2.45) is 5.73 Å². The highest BCUT2D eigenvalue weighted by Gasteiger charge is 2.10. The Morgan fingerprint density at radius 2 is 1.95 bits per heavy atom. The standard InChI is InChI=1S/C17H20N2OS/c1-12-6-5-8-14(17(18)21)16(12)19-15-9-4-3-7-13(15)10-11-20-2/h3-9,19H,10-11H2,1-2H3,(H2,18,21). The first-order valence-corrected chi connectivity index (χ1v) is 7.27. The maximum atomic E-state index is 5.83. The van der Waals surface area contributed by atoms with Crippen LogP contribution in [-0.4, -0.2) is 18.7 Å². The zero-order chi connectivity index (χ0) is 15.2. The number of nitrogens with one attached hydrogen (secondary N) is 1. The van der Waals surface area contributed by atoms with E-state index in [0.29, 0.717) is 11.6 Å². The SMILES string of the molecule is COCCc1ccccc1Nc1c(C)cccc1C(N)=S. The predicted molar refractivity (Wildman–Crippen MR) is 92.4 cm³/mol. The lowest BCUT2D eigenvalue weighted by atomic mass is 10.1.